The molecule has 0 radical (unpaired) electrons. The molecule has 1 aliphatic rings. The number of thioether (sulfide) groups is 1. The summed E-state index contributed by atoms with van der Waals surface area (Å²) in [5.74, 6) is -0.0973. The van der Waals surface area contributed by atoms with Crippen molar-refractivity contribution in [1.29, 1.82) is 0 Å². The van der Waals surface area contributed by atoms with Gasteiger partial charge in [0, 0.05) is 18.8 Å². The molecule has 3 rings (SSSR count). The Labute approximate surface area is 150 Å². The number of carbonyl (C=O) groups is 2. The Morgan fingerprint density at radius 2 is 2.04 bits per heavy atom. The molecule has 1 aliphatic carbocycles. The summed E-state index contributed by atoms with van der Waals surface area (Å²) in [5, 5.41) is 11.5. The monoisotopic (exact) mass is 359 g/mol. The van der Waals surface area contributed by atoms with Crippen LogP contribution >= 0.6 is 11.8 Å². The summed E-state index contributed by atoms with van der Waals surface area (Å²) in [6, 6.07) is 8.02. The number of likely N-dealkylation sites (N-methyl/N-ethyl adjacent to an activating group) is 1. The zero-order valence-electron chi connectivity index (χ0n) is 14.3. The molecule has 0 saturated heterocycles. The van der Waals surface area contributed by atoms with E-state index in [4.69, 9.17) is 0 Å². The van der Waals surface area contributed by atoms with Crippen molar-refractivity contribution in [3.8, 4) is 0 Å². The summed E-state index contributed by atoms with van der Waals surface area (Å²) >= 11 is 1.36. The van der Waals surface area contributed by atoms with Gasteiger partial charge in [-0.05, 0) is 31.9 Å². The van der Waals surface area contributed by atoms with Crippen LogP contribution in [-0.4, -0.2) is 50.8 Å². The Balaban J connectivity index is 1.46. The summed E-state index contributed by atoms with van der Waals surface area (Å²) in [6.07, 6.45) is 3.99. The highest BCUT2D eigenvalue weighted by Gasteiger charge is 2.26. The predicted molar refractivity (Wildman–Crippen MR) is 96.5 cm³/mol. The number of benzene rings is 1. The minimum absolute atomic E-state index is 0.0165. The van der Waals surface area contributed by atoms with E-state index in [0.717, 1.165) is 29.2 Å². The van der Waals surface area contributed by atoms with Gasteiger partial charge in [0.1, 0.15) is 6.33 Å². The van der Waals surface area contributed by atoms with E-state index >= 15 is 0 Å². The van der Waals surface area contributed by atoms with Gasteiger partial charge in [-0.1, -0.05) is 29.5 Å². The standard InChI is InChI=1S/C17H21N5O2S/c1-12-3-5-13(6-4-12)19-15(23)9-21(2)16(24)10-25-17-20-18-11-22(17)14-7-8-14/h3-6,11,14H,7-10H2,1-2H3,(H,19,23). The molecule has 1 fully saturated rings. The van der Waals surface area contributed by atoms with Gasteiger partial charge in [0.15, 0.2) is 5.16 Å². The second-order valence-corrected chi connectivity index (χ2v) is 7.15. The molecule has 0 bridgehead atoms. The number of anilines is 1. The Morgan fingerprint density at radius 3 is 2.72 bits per heavy atom. The molecule has 132 valence electrons. The van der Waals surface area contributed by atoms with Crippen molar-refractivity contribution in [2.24, 2.45) is 0 Å². The molecule has 7 nitrogen and oxygen atoms in total. The number of nitrogens with zero attached hydrogens (tertiary/aromatic N) is 4. The largest absolute Gasteiger partial charge is 0.336 e. The summed E-state index contributed by atoms with van der Waals surface area (Å²) in [4.78, 5) is 25.7. The molecule has 1 aromatic heterocycles. The van der Waals surface area contributed by atoms with Crippen LogP contribution in [0, 0.1) is 6.92 Å². The van der Waals surface area contributed by atoms with Gasteiger partial charge in [-0.3, -0.25) is 9.59 Å². The van der Waals surface area contributed by atoms with E-state index in [2.05, 4.69) is 15.5 Å². The fraction of sp³-hybridized carbons (Fsp3) is 0.412. The number of carbonyl (C=O) groups excluding carboxylic acids is 2. The van der Waals surface area contributed by atoms with Gasteiger partial charge in [0.2, 0.25) is 11.8 Å². The van der Waals surface area contributed by atoms with Gasteiger partial charge in [-0.15, -0.1) is 10.2 Å². The van der Waals surface area contributed by atoms with Gasteiger partial charge < -0.3 is 14.8 Å². The second kappa shape index (κ2) is 7.69. The fourth-order valence-electron chi connectivity index (χ4n) is 2.32. The Hall–Kier alpha value is -2.35. The van der Waals surface area contributed by atoms with Crippen molar-refractivity contribution < 1.29 is 9.59 Å². The minimum Gasteiger partial charge on any atom is -0.336 e. The first-order valence-corrected chi connectivity index (χ1v) is 9.14. The third kappa shape index (κ3) is 4.82. The van der Waals surface area contributed by atoms with Crippen LogP contribution in [-0.2, 0) is 9.59 Å². The number of nitrogens with one attached hydrogen (secondary N) is 1. The van der Waals surface area contributed by atoms with E-state index in [1.165, 1.54) is 16.7 Å². The van der Waals surface area contributed by atoms with Crippen LogP contribution in [0.2, 0.25) is 0 Å². The molecular weight excluding hydrogens is 338 g/mol. The van der Waals surface area contributed by atoms with Crippen molar-refractivity contribution in [3.05, 3.63) is 36.2 Å². The van der Waals surface area contributed by atoms with E-state index in [9.17, 15) is 9.59 Å². The molecule has 2 aromatic rings. The fourth-order valence-corrected chi connectivity index (χ4v) is 3.24. The van der Waals surface area contributed by atoms with Crippen LogP contribution in [0.1, 0.15) is 24.4 Å². The summed E-state index contributed by atoms with van der Waals surface area (Å²) in [5.41, 5.74) is 1.85. The minimum atomic E-state index is -0.217. The molecule has 8 heteroatoms. The van der Waals surface area contributed by atoms with Crippen molar-refractivity contribution >= 4 is 29.3 Å². The molecule has 1 aromatic carbocycles. The Morgan fingerprint density at radius 1 is 1.32 bits per heavy atom. The maximum Gasteiger partial charge on any atom is 0.243 e. The first-order valence-electron chi connectivity index (χ1n) is 8.15. The molecule has 1 N–H and O–H groups in total. The van der Waals surface area contributed by atoms with Crippen LogP contribution in [0.5, 0.6) is 0 Å². The molecule has 1 saturated carbocycles. The molecule has 0 atom stereocenters. The van der Waals surface area contributed by atoms with Crippen LogP contribution in [0.3, 0.4) is 0 Å². The lowest BCUT2D eigenvalue weighted by Gasteiger charge is -2.16. The Kier molecular flexibility index (Phi) is 5.37. The van der Waals surface area contributed by atoms with Gasteiger partial charge in [-0.2, -0.15) is 0 Å². The lowest BCUT2D eigenvalue weighted by Crippen LogP contribution is -2.36. The maximum atomic E-state index is 12.2. The number of hydrogen-bond acceptors (Lipinski definition) is 5. The highest BCUT2D eigenvalue weighted by atomic mass is 32.2. The van der Waals surface area contributed by atoms with Gasteiger partial charge in [0.25, 0.3) is 0 Å². The SMILES string of the molecule is Cc1ccc(NC(=O)CN(C)C(=O)CSc2nncn2C2CC2)cc1. The van der Waals surface area contributed by atoms with Crippen molar-refractivity contribution in [2.75, 3.05) is 24.7 Å². The summed E-state index contributed by atoms with van der Waals surface area (Å²) < 4.78 is 2.02. The van der Waals surface area contributed by atoms with Gasteiger partial charge in [0.05, 0.1) is 12.3 Å². The normalized spacial score (nSPS) is 13.5. The lowest BCUT2D eigenvalue weighted by molar-refractivity contribution is -0.131. The number of aromatic nitrogens is 3. The van der Waals surface area contributed by atoms with E-state index in [0.29, 0.717) is 6.04 Å². The van der Waals surface area contributed by atoms with Crippen LogP contribution in [0.15, 0.2) is 35.7 Å². The van der Waals surface area contributed by atoms with Crippen LogP contribution < -0.4 is 5.32 Å². The molecule has 0 aliphatic heterocycles. The van der Waals surface area contributed by atoms with Crippen LogP contribution in [0.25, 0.3) is 0 Å². The average Bonchev–Trinajstić information content (AvgIpc) is 3.32. The lowest BCUT2D eigenvalue weighted by atomic mass is 10.2. The molecule has 2 amide bonds. The van der Waals surface area contributed by atoms with Gasteiger partial charge in [-0.25, -0.2) is 0 Å². The van der Waals surface area contributed by atoms with E-state index in [-0.39, 0.29) is 24.1 Å². The highest BCUT2D eigenvalue weighted by molar-refractivity contribution is 7.99. The zero-order chi connectivity index (χ0) is 17.8. The van der Waals surface area contributed by atoms with Crippen molar-refractivity contribution in [2.45, 2.75) is 31.0 Å². The van der Waals surface area contributed by atoms with E-state index < -0.39 is 0 Å². The third-order valence-corrected chi connectivity index (χ3v) is 4.89. The molecule has 1 heterocycles. The Bertz CT molecular complexity index is 755. The quantitative estimate of drug-likeness (QED) is 0.766. The molecule has 0 spiro atoms. The predicted octanol–water partition coefficient (Wildman–Crippen LogP) is 2.11. The summed E-state index contributed by atoms with van der Waals surface area (Å²) in [6.45, 7) is 2.00. The maximum absolute atomic E-state index is 12.2. The van der Waals surface area contributed by atoms with Gasteiger partial charge >= 0.3 is 0 Å². The number of aryl methyl sites for hydroxylation is 1. The van der Waals surface area contributed by atoms with Crippen molar-refractivity contribution in [1.82, 2.24) is 19.7 Å². The molecular formula is C17H21N5O2S. The first kappa shape index (κ1) is 17.5. The number of rotatable bonds is 7. The number of amides is 2. The molecule has 25 heavy (non-hydrogen) atoms. The smallest absolute Gasteiger partial charge is 0.243 e. The highest BCUT2D eigenvalue weighted by Crippen LogP contribution is 2.37. The zero-order valence-corrected chi connectivity index (χ0v) is 15.1. The van der Waals surface area contributed by atoms with E-state index in [1.54, 1.807) is 13.4 Å². The van der Waals surface area contributed by atoms with E-state index in [1.807, 2.05) is 35.8 Å². The first-order chi connectivity index (χ1) is 12.0. The molecule has 0 unspecified atom stereocenters. The average molecular weight is 359 g/mol. The number of hydrogen-bond donors (Lipinski definition) is 1. The van der Waals surface area contributed by atoms with Crippen molar-refractivity contribution in [3.63, 3.8) is 0 Å². The second-order valence-electron chi connectivity index (χ2n) is 6.20. The topological polar surface area (TPSA) is 80.1 Å². The third-order valence-electron chi connectivity index (χ3n) is 3.95. The van der Waals surface area contributed by atoms with Crippen LogP contribution in [0.4, 0.5) is 5.69 Å². The summed E-state index contributed by atoms with van der Waals surface area (Å²) in [7, 11) is 1.63.